The quantitative estimate of drug-likeness (QED) is 0.349. The van der Waals surface area contributed by atoms with Crippen LogP contribution in [0.15, 0.2) is 42.5 Å². The van der Waals surface area contributed by atoms with Gasteiger partial charge in [0, 0.05) is 28.6 Å². The number of rotatable bonds is 8. The number of carbonyl (C=O) groups is 1. The molecule has 1 fully saturated rings. The third-order valence-electron chi connectivity index (χ3n) is 6.69. The molecule has 184 valence electrons. The molecule has 2 aromatic carbocycles. The summed E-state index contributed by atoms with van der Waals surface area (Å²) in [6.07, 6.45) is 4.43. The molecule has 2 aliphatic heterocycles. The van der Waals surface area contributed by atoms with Gasteiger partial charge in [-0.2, -0.15) is 0 Å². The van der Waals surface area contributed by atoms with Crippen molar-refractivity contribution in [2.75, 3.05) is 32.8 Å². The fourth-order valence-corrected chi connectivity index (χ4v) is 4.95. The minimum Gasteiger partial charge on any atom is -0.493 e. The SMILES string of the molecule is CC(C)(C)OC(=O)CCN1CCC2(CC1)COc1cc(OCCCc3ccc(Cl)cc3)ccc12. The Morgan fingerprint density at radius 3 is 2.56 bits per heavy atom. The molecule has 2 aliphatic rings. The monoisotopic (exact) mass is 485 g/mol. The number of carbonyl (C=O) groups excluding carboxylic acids is 1. The number of benzene rings is 2. The zero-order valence-electron chi connectivity index (χ0n) is 20.6. The Balaban J connectivity index is 1.24. The van der Waals surface area contributed by atoms with Gasteiger partial charge in [0.1, 0.15) is 17.1 Å². The topological polar surface area (TPSA) is 48.0 Å². The first-order valence-electron chi connectivity index (χ1n) is 12.3. The van der Waals surface area contributed by atoms with Crippen molar-refractivity contribution in [2.24, 2.45) is 0 Å². The van der Waals surface area contributed by atoms with Crippen LogP contribution in [0, 0.1) is 0 Å². The second kappa shape index (κ2) is 10.6. The third-order valence-corrected chi connectivity index (χ3v) is 6.94. The Bertz CT molecular complexity index is 975. The number of hydrogen-bond donors (Lipinski definition) is 0. The van der Waals surface area contributed by atoms with Crippen molar-refractivity contribution in [1.82, 2.24) is 4.90 Å². The van der Waals surface area contributed by atoms with Gasteiger partial charge in [0.15, 0.2) is 0 Å². The number of likely N-dealkylation sites (tertiary alicyclic amines) is 1. The number of nitrogens with zero attached hydrogens (tertiary/aromatic N) is 1. The van der Waals surface area contributed by atoms with Crippen molar-refractivity contribution in [2.45, 2.75) is 63.9 Å². The first-order valence-corrected chi connectivity index (χ1v) is 12.7. The molecule has 1 saturated heterocycles. The second-order valence-corrected chi connectivity index (χ2v) is 10.9. The summed E-state index contributed by atoms with van der Waals surface area (Å²) in [6, 6.07) is 14.3. The van der Waals surface area contributed by atoms with Gasteiger partial charge in [0.25, 0.3) is 0 Å². The highest BCUT2D eigenvalue weighted by molar-refractivity contribution is 6.30. The van der Waals surface area contributed by atoms with E-state index in [9.17, 15) is 4.79 Å². The lowest BCUT2D eigenvalue weighted by Gasteiger charge is -2.38. The predicted octanol–water partition coefficient (Wildman–Crippen LogP) is 5.81. The molecule has 2 heterocycles. The molecular weight excluding hydrogens is 450 g/mol. The molecular formula is C28H36ClNO4. The standard InChI is InChI=1S/C28H36ClNO4/c1-27(2,3)34-26(31)12-15-30-16-13-28(14-17-30)20-33-25-19-23(10-11-24(25)28)32-18-4-5-21-6-8-22(29)9-7-21/h6-11,19H,4-5,12-18,20H2,1-3H3. The van der Waals surface area contributed by atoms with Crippen molar-refractivity contribution in [1.29, 1.82) is 0 Å². The van der Waals surface area contributed by atoms with Gasteiger partial charge in [-0.05, 0) is 83.3 Å². The van der Waals surface area contributed by atoms with Crippen LogP contribution in [0.5, 0.6) is 11.5 Å². The zero-order valence-corrected chi connectivity index (χ0v) is 21.3. The summed E-state index contributed by atoms with van der Waals surface area (Å²) in [5, 5.41) is 0.766. The number of aryl methyl sites for hydroxylation is 1. The Morgan fingerprint density at radius 2 is 1.85 bits per heavy atom. The summed E-state index contributed by atoms with van der Waals surface area (Å²) in [6.45, 7) is 9.80. The molecule has 2 aromatic rings. The summed E-state index contributed by atoms with van der Waals surface area (Å²) in [5.41, 5.74) is 2.22. The fourth-order valence-electron chi connectivity index (χ4n) is 4.82. The van der Waals surface area contributed by atoms with Crippen LogP contribution in [0.1, 0.15) is 57.6 Å². The number of hydrogen-bond acceptors (Lipinski definition) is 5. The highest BCUT2D eigenvalue weighted by Gasteiger charge is 2.43. The van der Waals surface area contributed by atoms with Gasteiger partial charge in [-0.15, -0.1) is 0 Å². The maximum absolute atomic E-state index is 12.0. The van der Waals surface area contributed by atoms with Crippen LogP contribution < -0.4 is 9.47 Å². The maximum Gasteiger partial charge on any atom is 0.307 e. The third kappa shape index (κ3) is 6.45. The molecule has 1 spiro atoms. The van der Waals surface area contributed by atoms with Crippen LogP contribution in [0.3, 0.4) is 0 Å². The molecule has 6 heteroatoms. The lowest BCUT2D eigenvalue weighted by Crippen LogP contribution is -2.44. The summed E-state index contributed by atoms with van der Waals surface area (Å²) in [4.78, 5) is 14.4. The van der Waals surface area contributed by atoms with E-state index in [1.54, 1.807) is 0 Å². The first-order chi connectivity index (χ1) is 16.2. The van der Waals surface area contributed by atoms with E-state index in [4.69, 9.17) is 25.8 Å². The summed E-state index contributed by atoms with van der Waals surface area (Å²) in [5.74, 6) is 1.70. The van der Waals surface area contributed by atoms with Crippen LogP contribution in [-0.4, -0.2) is 49.3 Å². The molecule has 34 heavy (non-hydrogen) atoms. The van der Waals surface area contributed by atoms with Crippen molar-refractivity contribution < 1.29 is 19.0 Å². The van der Waals surface area contributed by atoms with E-state index in [1.165, 1.54) is 11.1 Å². The van der Waals surface area contributed by atoms with E-state index in [-0.39, 0.29) is 11.4 Å². The lowest BCUT2D eigenvalue weighted by atomic mass is 9.74. The van der Waals surface area contributed by atoms with Crippen molar-refractivity contribution in [3.8, 4) is 11.5 Å². The Morgan fingerprint density at radius 1 is 1.12 bits per heavy atom. The molecule has 0 bridgehead atoms. The summed E-state index contributed by atoms with van der Waals surface area (Å²) >= 11 is 5.95. The van der Waals surface area contributed by atoms with E-state index in [0.29, 0.717) is 13.0 Å². The van der Waals surface area contributed by atoms with Crippen LogP contribution in [0.4, 0.5) is 0 Å². The molecule has 5 nitrogen and oxygen atoms in total. The Kier molecular flexibility index (Phi) is 7.73. The minimum absolute atomic E-state index is 0.0743. The molecule has 4 rings (SSSR count). The smallest absolute Gasteiger partial charge is 0.307 e. The average Bonchev–Trinajstić information content (AvgIpc) is 3.14. The lowest BCUT2D eigenvalue weighted by molar-refractivity contribution is -0.155. The first kappa shape index (κ1) is 24.9. The van der Waals surface area contributed by atoms with Gasteiger partial charge in [-0.3, -0.25) is 4.79 Å². The molecule has 0 atom stereocenters. The van der Waals surface area contributed by atoms with E-state index < -0.39 is 5.60 Å². The molecule has 0 saturated carbocycles. The molecule has 0 N–H and O–H groups in total. The zero-order chi connectivity index (χ0) is 24.2. The number of halogens is 1. The highest BCUT2D eigenvalue weighted by atomic mass is 35.5. The van der Waals surface area contributed by atoms with Gasteiger partial charge >= 0.3 is 5.97 Å². The number of ether oxygens (including phenoxy) is 3. The molecule has 0 radical (unpaired) electrons. The van der Waals surface area contributed by atoms with Crippen LogP contribution in [0.2, 0.25) is 5.02 Å². The van der Waals surface area contributed by atoms with E-state index >= 15 is 0 Å². The maximum atomic E-state index is 12.0. The van der Waals surface area contributed by atoms with Crippen LogP contribution >= 0.6 is 11.6 Å². The van der Waals surface area contributed by atoms with Crippen LogP contribution in [0.25, 0.3) is 0 Å². The highest BCUT2D eigenvalue weighted by Crippen LogP contribution is 2.46. The summed E-state index contributed by atoms with van der Waals surface area (Å²) < 4.78 is 17.6. The number of esters is 1. The molecule has 0 aliphatic carbocycles. The van der Waals surface area contributed by atoms with Crippen molar-refractivity contribution >= 4 is 17.6 Å². The average molecular weight is 486 g/mol. The minimum atomic E-state index is -0.423. The van der Waals surface area contributed by atoms with Gasteiger partial charge in [0.2, 0.25) is 0 Å². The van der Waals surface area contributed by atoms with Crippen molar-refractivity contribution in [3.63, 3.8) is 0 Å². The Labute approximate surface area is 208 Å². The molecule has 0 unspecified atom stereocenters. The van der Waals surface area contributed by atoms with E-state index in [2.05, 4.69) is 29.2 Å². The number of fused-ring (bicyclic) bond motifs is 2. The van der Waals surface area contributed by atoms with Gasteiger partial charge < -0.3 is 19.1 Å². The Hall–Kier alpha value is -2.24. The fraction of sp³-hybridized carbons (Fsp3) is 0.536. The molecule has 0 amide bonds. The largest absolute Gasteiger partial charge is 0.493 e. The normalized spacial score (nSPS) is 17.3. The van der Waals surface area contributed by atoms with Gasteiger partial charge in [-0.25, -0.2) is 0 Å². The van der Waals surface area contributed by atoms with Crippen LogP contribution in [-0.2, 0) is 21.4 Å². The molecule has 0 aromatic heterocycles. The number of piperidine rings is 1. The van der Waals surface area contributed by atoms with E-state index in [0.717, 1.165) is 68.4 Å². The van der Waals surface area contributed by atoms with Gasteiger partial charge in [-0.1, -0.05) is 29.8 Å². The second-order valence-electron chi connectivity index (χ2n) is 10.5. The van der Waals surface area contributed by atoms with Crippen molar-refractivity contribution in [3.05, 3.63) is 58.6 Å². The predicted molar refractivity (Wildman–Crippen MR) is 135 cm³/mol. The van der Waals surface area contributed by atoms with E-state index in [1.807, 2.05) is 39.0 Å². The summed E-state index contributed by atoms with van der Waals surface area (Å²) in [7, 11) is 0. The van der Waals surface area contributed by atoms with Gasteiger partial charge in [0.05, 0.1) is 19.6 Å².